The number of hydrogen-bond donors (Lipinski definition) is 1. The minimum absolute atomic E-state index is 0. The average molecular weight is 445 g/mol. The van der Waals surface area contributed by atoms with Crippen molar-refractivity contribution in [3.8, 4) is 0 Å². The van der Waals surface area contributed by atoms with E-state index in [1.165, 1.54) is 0 Å². The van der Waals surface area contributed by atoms with Crippen molar-refractivity contribution in [1.82, 2.24) is 14.9 Å². The average Bonchev–Trinajstić information content (AvgIpc) is 2.70. The molecule has 0 aliphatic carbocycles. The van der Waals surface area contributed by atoms with E-state index in [1.807, 2.05) is 49.1 Å². The molecule has 1 fully saturated rings. The summed E-state index contributed by atoms with van der Waals surface area (Å²) in [6, 6.07) is 9.61. The van der Waals surface area contributed by atoms with Gasteiger partial charge in [-0.25, -0.2) is 9.97 Å². The maximum Gasteiger partial charge on any atom is 0.257 e. The van der Waals surface area contributed by atoms with E-state index in [-0.39, 0.29) is 18.3 Å². The molecule has 0 atom stereocenters. The molecule has 30 heavy (non-hydrogen) atoms. The number of hydrogen-bond acceptors (Lipinski definition) is 4. The van der Waals surface area contributed by atoms with Crippen LogP contribution in [0.5, 0.6) is 0 Å². The van der Waals surface area contributed by atoms with Gasteiger partial charge in [-0.2, -0.15) is 0 Å². The van der Waals surface area contributed by atoms with Gasteiger partial charge in [0, 0.05) is 41.1 Å². The van der Waals surface area contributed by atoms with E-state index in [0.717, 1.165) is 53.9 Å². The fraction of sp³-hybridized carbons (Fsp3) is 0.348. The first kappa shape index (κ1) is 22.3. The number of nitrogens with zero attached hydrogens (tertiary/aromatic N) is 3. The van der Waals surface area contributed by atoms with Crippen molar-refractivity contribution in [3.05, 3.63) is 58.4 Å². The molecular weight excluding hydrogens is 419 g/mol. The van der Waals surface area contributed by atoms with Crippen molar-refractivity contribution < 1.29 is 4.79 Å². The molecule has 0 unspecified atom stereocenters. The molecule has 158 valence electrons. The molecule has 1 aliphatic rings. The zero-order valence-corrected chi connectivity index (χ0v) is 19.0. The van der Waals surface area contributed by atoms with Gasteiger partial charge in [-0.15, -0.1) is 12.4 Å². The number of benzene rings is 1. The van der Waals surface area contributed by atoms with Gasteiger partial charge >= 0.3 is 0 Å². The van der Waals surface area contributed by atoms with Crippen LogP contribution >= 0.6 is 24.0 Å². The molecule has 3 heterocycles. The Balaban J connectivity index is 0.00000256. The van der Waals surface area contributed by atoms with Crippen molar-refractivity contribution in [1.29, 1.82) is 0 Å². The zero-order chi connectivity index (χ0) is 20.5. The minimum Gasteiger partial charge on any atom is -0.354 e. The molecule has 1 saturated heterocycles. The number of nitrogens with one attached hydrogen (secondary N) is 1. The third kappa shape index (κ3) is 4.52. The maximum atomic E-state index is 13.4. The Morgan fingerprint density at radius 3 is 2.60 bits per heavy atom. The summed E-state index contributed by atoms with van der Waals surface area (Å²) in [5.41, 5.74) is 4.76. The van der Waals surface area contributed by atoms with Crippen LogP contribution in [0.15, 0.2) is 36.5 Å². The number of pyridine rings is 2. The smallest absolute Gasteiger partial charge is 0.257 e. The first-order chi connectivity index (χ1) is 13.9. The van der Waals surface area contributed by atoms with Crippen molar-refractivity contribution >= 4 is 52.3 Å². The lowest BCUT2D eigenvalue weighted by Crippen LogP contribution is -2.38. The second-order valence-electron chi connectivity index (χ2n) is 7.93. The molecule has 1 aliphatic heterocycles. The van der Waals surface area contributed by atoms with E-state index in [4.69, 9.17) is 11.6 Å². The van der Waals surface area contributed by atoms with Gasteiger partial charge in [0.2, 0.25) is 0 Å². The molecule has 7 heteroatoms. The number of halogens is 2. The molecule has 3 aromatic rings. The molecule has 2 aromatic heterocycles. The van der Waals surface area contributed by atoms with Gasteiger partial charge in [-0.05, 0) is 68.5 Å². The van der Waals surface area contributed by atoms with E-state index in [0.29, 0.717) is 22.2 Å². The summed E-state index contributed by atoms with van der Waals surface area (Å²) in [6.07, 6.45) is 3.72. The molecule has 0 bridgehead atoms. The number of likely N-dealkylation sites (tertiary alicyclic amines) is 1. The van der Waals surface area contributed by atoms with E-state index in [9.17, 15) is 4.79 Å². The molecule has 1 amide bonds. The number of piperidine rings is 1. The van der Waals surface area contributed by atoms with Crippen molar-refractivity contribution in [2.45, 2.75) is 33.6 Å². The molecule has 1 aromatic carbocycles. The second-order valence-corrected chi connectivity index (χ2v) is 8.37. The van der Waals surface area contributed by atoms with E-state index >= 15 is 0 Å². The number of anilines is 2. The number of carbonyl (C=O) groups is 1. The van der Waals surface area contributed by atoms with Crippen LogP contribution in [0.2, 0.25) is 5.02 Å². The third-order valence-electron chi connectivity index (χ3n) is 5.62. The number of rotatable bonds is 3. The lowest BCUT2D eigenvalue weighted by molar-refractivity contribution is 0.0698. The SMILES string of the molecule is Cc1ccc2c(Nc3ccc(Cl)cc3C)c(C(=O)N3CCC(C)CC3)cnc2n1.Cl. The minimum atomic E-state index is 0. The Kier molecular flexibility index (Phi) is 6.84. The van der Waals surface area contributed by atoms with Gasteiger partial charge in [-0.1, -0.05) is 18.5 Å². The first-order valence-electron chi connectivity index (χ1n) is 10.0. The summed E-state index contributed by atoms with van der Waals surface area (Å²) < 4.78 is 0. The monoisotopic (exact) mass is 444 g/mol. The summed E-state index contributed by atoms with van der Waals surface area (Å²) in [6.45, 7) is 7.73. The van der Waals surface area contributed by atoms with E-state index < -0.39 is 0 Å². The van der Waals surface area contributed by atoms with Crippen LogP contribution in [0.25, 0.3) is 11.0 Å². The van der Waals surface area contributed by atoms with Crippen molar-refractivity contribution in [2.24, 2.45) is 5.92 Å². The summed E-state index contributed by atoms with van der Waals surface area (Å²) in [7, 11) is 0. The van der Waals surface area contributed by atoms with Gasteiger partial charge in [0.1, 0.15) is 0 Å². The van der Waals surface area contributed by atoms with Crippen LogP contribution < -0.4 is 5.32 Å². The molecule has 5 nitrogen and oxygen atoms in total. The number of fused-ring (bicyclic) bond motifs is 1. The van der Waals surface area contributed by atoms with Gasteiger partial charge < -0.3 is 10.2 Å². The van der Waals surface area contributed by atoms with Crippen LogP contribution in [0.1, 0.15) is 41.4 Å². The molecule has 4 rings (SSSR count). The standard InChI is InChI=1S/C23H25ClN4O.ClH/c1-14-8-10-28(11-9-14)23(29)19-13-25-22-18(6-4-16(3)26-22)21(19)27-20-7-5-17(24)12-15(20)2;/h4-7,12-14H,8-11H2,1-3H3,(H,25,26,27);1H. The Bertz CT molecular complexity index is 1080. The highest BCUT2D eigenvalue weighted by Gasteiger charge is 2.25. The summed E-state index contributed by atoms with van der Waals surface area (Å²) in [4.78, 5) is 24.3. The molecular formula is C23H26Cl2N4O. The first-order valence-corrected chi connectivity index (χ1v) is 10.4. The second kappa shape index (κ2) is 9.19. The van der Waals surface area contributed by atoms with Crippen LogP contribution in [-0.4, -0.2) is 33.9 Å². The van der Waals surface area contributed by atoms with Crippen molar-refractivity contribution in [2.75, 3.05) is 18.4 Å². The van der Waals surface area contributed by atoms with Gasteiger partial charge in [-0.3, -0.25) is 4.79 Å². The Hall–Kier alpha value is -2.37. The van der Waals surface area contributed by atoms with E-state index in [1.54, 1.807) is 6.20 Å². The molecule has 0 radical (unpaired) electrons. The van der Waals surface area contributed by atoms with Gasteiger partial charge in [0.15, 0.2) is 5.65 Å². The molecule has 1 N–H and O–H groups in total. The third-order valence-corrected chi connectivity index (χ3v) is 5.85. The van der Waals surface area contributed by atoms with Crippen LogP contribution in [0.3, 0.4) is 0 Å². The Morgan fingerprint density at radius 1 is 1.17 bits per heavy atom. The maximum absolute atomic E-state index is 13.4. The normalized spacial score (nSPS) is 14.5. The Labute approximate surface area is 188 Å². The number of amides is 1. The fourth-order valence-electron chi connectivity index (χ4n) is 3.75. The summed E-state index contributed by atoms with van der Waals surface area (Å²) >= 11 is 6.12. The topological polar surface area (TPSA) is 58.1 Å². The molecule has 0 spiro atoms. The summed E-state index contributed by atoms with van der Waals surface area (Å²) in [5, 5.41) is 4.99. The van der Waals surface area contributed by atoms with E-state index in [2.05, 4.69) is 22.2 Å². The predicted molar refractivity (Wildman–Crippen MR) is 125 cm³/mol. The largest absolute Gasteiger partial charge is 0.354 e. The predicted octanol–water partition coefficient (Wildman–Crippen LogP) is 5.94. The van der Waals surface area contributed by atoms with Gasteiger partial charge in [0.05, 0.1) is 11.3 Å². The quantitative estimate of drug-likeness (QED) is 0.542. The van der Waals surface area contributed by atoms with Gasteiger partial charge in [0.25, 0.3) is 5.91 Å². The highest BCUT2D eigenvalue weighted by molar-refractivity contribution is 6.30. The summed E-state index contributed by atoms with van der Waals surface area (Å²) in [5.74, 6) is 0.677. The number of aryl methyl sites for hydroxylation is 2. The highest BCUT2D eigenvalue weighted by atomic mass is 35.5. The lowest BCUT2D eigenvalue weighted by Gasteiger charge is -2.31. The number of carbonyl (C=O) groups excluding carboxylic acids is 1. The lowest BCUT2D eigenvalue weighted by atomic mass is 9.98. The molecule has 0 saturated carbocycles. The van der Waals surface area contributed by atoms with Crippen LogP contribution in [-0.2, 0) is 0 Å². The Morgan fingerprint density at radius 2 is 1.90 bits per heavy atom. The van der Waals surface area contributed by atoms with Crippen molar-refractivity contribution in [3.63, 3.8) is 0 Å². The highest BCUT2D eigenvalue weighted by Crippen LogP contribution is 2.32. The zero-order valence-electron chi connectivity index (χ0n) is 17.4. The van der Waals surface area contributed by atoms with Crippen LogP contribution in [0.4, 0.5) is 11.4 Å². The fourth-order valence-corrected chi connectivity index (χ4v) is 3.98. The number of aromatic nitrogens is 2. The van der Waals surface area contributed by atoms with Crippen LogP contribution in [0, 0.1) is 19.8 Å².